The molecular weight excluding hydrogens is 276 g/mol. The number of anilines is 1. The molecule has 0 radical (unpaired) electrons. The van der Waals surface area contributed by atoms with Gasteiger partial charge in [-0.15, -0.1) is 0 Å². The molecule has 90 valence electrons. The fourth-order valence-corrected chi connectivity index (χ4v) is 3.61. The van der Waals surface area contributed by atoms with Crippen LogP contribution in [-0.4, -0.2) is 11.0 Å². The third-order valence-electron chi connectivity index (χ3n) is 4.11. The van der Waals surface area contributed by atoms with E-state index in [-0.39, 0.29) is 0 Å². The van der Waals surface area contributed by atoms with Crippen LogP contribution < -0.4 is 5.32 Å². The average Bonchev–Trinajstić information content (AvgIpc) is 2.94. The Labute approximate surface area is 111 Å². The summed E-state index contributed by atoms with van der Waals surface area (Å²) in [5, 5.41) is 3.59. The van der Waals surface area contributed by atoms with Gasteiger partial charge in [-0.1, -0.05) is 12.2 Å². The summed E-state index contributed by atoms with van der Waals surface area (Å²) >= 11 is 3.49. The van der Waals surface area contributed by atoms with Crippen molar-refractivity contribution in [2.24, 2.45) is 17.8 Å². The highest BCUT2D eigenvalue weighted by atomic mass is 79.9. The minimum atomic E-state index is 0.510. The van der Waals surface area contributed by atoms with E-state index in [1.54, 1.807) is 6.20 Å². The molecule has 2 bridgehead atoms. The topological polar surface area (TPSA) is 24.9 Å². The lowest BCUT2D eigenvalue weighted by atomic mass is 9.87. The number of pyridine rings is 1. The van der Waals surface area contributed by atoms with Crippen LogP contribution in [0.15, 0.2) is 35.1 Å². The maximum absolute atomic E-state index is 4.25. The van der Waals surface area contributed by atoms with Gasteiger partial charge in [0.15, 0.2) is 0 Å². The molecule has 2 aliphatic rings. The maximum Gasteiger partial charge on any atom is 0.129 e. The van der Waals surface area contributed by atoms with Gasteiger partial charge in [0.1, 0.15) is 4.60 Å². The molecule has 0 aromatic carbocycles. The van der Waals surface area contributed by atoms with Crippen LogP contribution in [0.4, 0.5) is 5.69 Å². The molecule has 1 N–H and O–H groups in total. The van der Waals surface area contributed by atoms with Gasteiger partial charge in [0.25, 0.3) is 0 Å². The van der Waals surface area contributed by atoms with Crippen LogP contribution in [0.5, 0.6) is 0 Å². The summed E-state index contributed by atoms with van der Waals surface area (Å²) in [5.41, 5.74) is 1.10. The van der Waals surface area contributed by atoms with E-state index < -0.39 is 0 Å². The monoisotopic (exact) mass is 292 g/mol. The van der Waals surface area contributed by atoms with Crippen molar-refractivity contribution in [3.05, 3.63) is 35.1 Å². The van der Waals surface area contributed by atoms with Gasteiger partial charge in [-0.3, -0.25) is 0 Å². The van der Waals surface area contributed by atoms with Crippen LogP contribution in [0.2, 0.25) is 0 Å². The average molecular weight is 293 g/mol. The number of nitrogens with one attached hydrogen (secondary N) is 1. The molecule has 0 amide bonds. The van der Waals surface area contributed by atoms with Gasteiger partial charge in [-0.2, -0.15) is 0 Å². The molecule has 4 atom stereocenters. The van der Waals surface area contributed by atoms with Gasteiger partial charge < -0.3 is 5.32 Å². The Balaban J connectivity index is 1.70. The number of hydrogen-bond donors (Lipinski definition) is 1. The molecule has 1 fully saturated rings. The lowest BCUT2D eigenvalue weighted by molar-refractivity contribution is 0.399. The van der Waals surface area contributed by atoms with Crippen molar-refractivity contribution < 1.29 is 0 Å². The van der Waals surface area contributed by atoms with E-state index in [1.165, 1.54) is 12.8 Å². The van der Waals surface area contributed by atoms with Crippen molar-refractivity contribution in [2.75, 3.05) is 5.32 Å². The Morgan fingerprint density at radius 1 is 1.41 bits per heavy atom. The zero-order chi connectivity index (χ0) is 11.8. The maximum atomic E-state index is 4.25. The third kappa shape index (κ3) is 2.13. The van der Waals surface area contributed by atoms with E-state index >= 15 is 0 Å². The Bertz CT molecular complexity index is 444. The molecular formula is C14H17BrN2. The molecule has 0 saturated heterocycles. The van der Waals surface area contributed by atoms with E-state index in [0.29, 0.717) is 6.04 Å². The van der Waals surface area contributed by atoms with Crippen molar-refractivity contribution in [3.8, 4) is 0 Å². The van der Waals surface area contributed by atoms with E-state index in [1.807, 2.05) is 6.07 Å². The predicted octanol–water partition coefficient (Wildman–Crippen LogP) is 3.86. The summed E-state index contributed by atoms with van der Waals surface area (Å²) in [7, 11) is 0. The Morgan fingerprint density at radius 2 is 2.29 bits per heavy atom. The van der Waals surface area contributed by atoms with Crippen LogP contribution in [0.1, 0.15) is 19.8 Å². The summed E-state index contributed by atoms with van der Waals surface area (Å²) < 4.78 is 0.908. The van der Waals surface area contributed by atoms with Crippen molar-refractivity contribution in [1.82, 2.24) is 4.98 Å². The van der Waals surface area contributed by atoms with Gasteiger partial charge in [-0.25, -0.2) is 4.98 Å². The summed E-state index contributed by atoms with van der Waals surface area (Å²) in [6, 6.07) is 4.56. The predicted molar refractivity (Wildman–Crippen MR) is 73.9 cm³/mol. The first-order chi connectivity index (χ1) is 8.24. The lowest BCUT2D eigenvalue weighted by Crippen LogP contribution is -2.29. The molecule has 0 spiro atoms. The molecule has 0 aliphatic heterocycles. The number of hydrogen-bond acceptors (Lipinski definition) is 2. The fraction of sp³-hybridized carbons (Fsp3) is 0.500. The molecule has 3 heteroatoms. The van der Waals surface area contributed by atoms with Gasteiger partial charge in [-0.05, 0) is 65.6 Å². The van der Waals surface area contributed by atoms with Gasteiger partial charge in [0.05, 0.1) is 5.69 Å². The minimum absolute atomic E-state index is 0.510. The Kier molecular flexibility index (Phi) is 2.95. The van der Waals surface area contributed by atoms with Crippen molar-refractivity contribution in [1.29, 1.82) is 0 Å². The number of rotatable bonds is 3. The Morgan fingerprint density at radius 3 is 2.94 bits per heavy atom. The van der Waals surface area contributed by atoms with Gasteiger partial charge in [0.2, 0.25) is 0 Å². The number of fused-ring (bicyclic) bond motifs is 2. The largest absolute Gasteiger partial charge is 0.380 e. The Hall–Kier alpha value is -0.830. The first kappa shape index (κ1) is 11.3. The van der Waals surface area contributed by atoms with E-state index in [2.05, 4.69) is 51.4 Å². The van der Waals surface area contributed by atoms with E-state index in [4.69, 9.17) is 0 Å². The third-order valence-corrected chi connectivity index (χ3v) is 4.75. The zero-order valence-electron chi connectivity index (χ0n) is 9.94. The number of aromatic nitrogens is 1. The molecule has 1 aromatic heterocycles. The number of halogens is 1. The molecule has 2 nitrogen and oxygen atoms in total. The van der Waals surface area contributed by atoms with Crippen LogP contribution in [0, 0.1) is 17.8 Å². The molecule has 1 heterocycles. The quantitative estimate of drug-likeness (QED) is 0.676. The van der Waals surface area contributed by atoms with Crippen molar-refractivity contribution in [2.45, 2.75) is 25.8 Å². The van der Waals surface area contributed by atoms with E-state index in [0.717, 1.165) is 28.0 Å². The van der Waals surface area contributed by atoms with Crippen molar-refractivity contribution >= 4 is 21.6 Å². The molecule has 2 aliphatic carbocycles. The second-order valence-electron chi connectivity index (χ2n) is 5.22. The number of allylic oxidation sites excluding steroid dienone is 2. The SMILES string of the molecule is CC(Nc1cccnc1Br)C1CC2C=CC1C2. The highest BCUT2D eigenvalue weighted by Crippen LogP contribution is 2.45. The molecule has 1 saturated carbocycles. The molecule has 4 unspecified atom stereocenters. The van der Waals surface area contributed by atoms with Crippen molar-refractivity contribution in [3.63, 3.8) is 0 Å². The summed E-state index contributed by atoms with van der Waals surface area (Å²) in [6.07, 6.45) is 9.32. The normalized spacial score (nSPS) is 31.8. The second kappa shape index (κ2) is 4.45. The first-order valence-corrected chi connectivity index (χ1v) is 7.08. The highest BCUT2D eigenvalue weighted by Gasteiger charge is 2.38. The van der Waals surface area contributed by atoms with Gasteiger partial charge in [0, 0.05) is 12.2 Å². The van der Waals surface area contributed by atoms with Crippen LogP contribution in [0.3, 0.4) is 0 Å². The zero-order valence-corrected chi connectivity index (χ0v) is 11.5. The smallest absolute Gasteiger partial charge is 0.129 e. The van der Waals surface area contributed by atoms with Gasteiger partial charge >= 0.3 is 0 Å². The standard InChI is InChI=1S/C14H17BrN2/c1-9(12-8-10-4-5-11(12)7-10)17-13-3-2-6-16-14(13)15/h2-6,9-12,17H,7-8H2,1H3. The van der Waals surface area contributed by atoms with Crippen LogP contribution in [-0.2, 0) is 0 Å². The minimum Gasteiger partial charge on any atom is -0.380 e. The van der Waals surface area contributed by atoms with Crippen LogP contribution in [0.25, 0.3) is 0 Å². The van der Waals surface area contributed by atoms with Crippen LogP contribution >= 0.6 is 15.9 Å². The first-order valence-electron chi connectivity index (χ1n) is 6.29. The van der Waals surface area contributed by atoms with E-state index in [9.17, 15) is 0 Å². The molecule has 3 rings (SSSR count). The highest BCUT2D eigenvalue weighted by molar-refractivity contribution is 9.10. The molecule has 17 heavy (non-hydrogen) atoms. The number of nitrogens with zero attached hydrogens (tertiary/aromatic N) is 1. The summed E-state index contributed by atoms with van der Waals surface area (Å²) in [6.45, 7) is 2.29. The summed E-state index contributed by atoms with van der Waals surface area (Å²) in [5.74, 6) is 2.40. The second-order valence-corrected chi connectivity index (χ2v) is 5.97. The summed E-state index contributed by atoms with van der Waals surface area (Å²) in [4.78, 5) is 4.25. The molecule has 1 aromatic rings. The fourth-order valence-electron chi connectivity index (χ4n) is 3.24. The lowest BCUT2D eigenvalue weighted by Gasteiger charge is -2.27.